The monoisotopic (exact) mass is 300 g/mol. The van der Waals surface area contributed by atoms with Crippen molar-refractivity contribution in [2.75, 3.05) is 0 Å². The summed E-state index contributed by atoms with van der Waals surface area (Å²) in [5.41, 5.74) is 0.803. The lowest BCUT2D eigenvalue weighted by molar-refractivity contribution is -0.117. The Morgan fingerprint density at radius 3 is 2.78 bits per heavy atom. The third kappa shape index (κ3) is 3.22. The van der Waals surface area contributed by atoms with E-state index in [4.69, 9.17) is 23.2 Å². The van der Waals surface area contributed by atoms with Gasteiger partial charge in [0.25, 0.3) is 5.91 Å². The average molecular weight is 301 g/mol. The van der Waals surface area contributed by atoms with Crippen LogP contribution in [0.1, 0.15) is 5.56 Å². The number of carbonyl (C=O) groups excluding carboxylic acids is 1. The summed E-state index contributed by atoms with van der Waals surface area (Å²) >= 11 is 13.1. The van der Waals surface area contributed by atoms with Crippen molar-refractivity contribution in [2.24, 2.45) is 12.0 Å². The SMILES string of the molecule is Cn1ccsc1=NC(=O)Cc1ccc(Cl)c(Cl)c1. The van der Waals surface area contributed by atoms with E-state index in [0.717, 1.165) is 5.56 Å². The number of thiazole rings is 1. The number of hydrogen-bond donors (Lipinski definition) is 0. The highest BCUT2D eigenvalue weighted by Crippen LogP contribution is 2.22. The van der Waals surface area contributed by atoms with E-state index in [2.05, 4.69) is 4.99 Å². The van der Waals surface area contributed by atoms with Crippen LogP contribution in [0.25, 0.3) is 0 Å². The van der Waals surface area contributed by atoms with Crippen LogP contribution in [0.3, 0.4) is 0 Å². The summed E-state index contributed by atoms with van der Waals surface area (Å²) in [7, 11) is 1.85. The molecule has 0 aliphatic carbocycles. The summed E-state index contributed by atoms with van der Waals surface area (Å²) in [6, 6.07) is 5.14. The van der Waals surface area contributed by atoms with Gasteiger partial charge < -0.3 is 4.57 Å². The standard InChI is InChI=1S/C12H10Cl2N2OS/c1-16-4-5-18-12(16)15-11(17)7-8-2-3-9(13)10(14)6-8/h2-6H,7H2,1H3. The van der Waals surface area contributed by atoms with Crippen LogP contribution in [0.15, 0.2) is 34.8 Å². The summed E-state index contributed by atoms with van der Waals surface area (Å²) < 4.78 is 1.80. The summed E-state index contributed by atoms with van der Waals surface area (Å²) in [6.07, 6.45) is 2.07. The molecule has 3 nitrogen and oxygen atoms in total. The molecule has 2 rings (SSSR count). The lowest BCUT2D eigenvalue weighted by Gasteiger charge is -2.00. The largest absolute Gasteiger partial charge is 0.327 e. The smallest absolute Gasteiger partial charge is 0.252 e. The predicted octanol–water partition coefficient (Wildman–Crippen LogP) is 3.06. The van der Waals surface area contributed by atoms with E-state index in [1.807, 2.05) is 18.6 Å². The molecule has 0 unspecified atom stereocenters. The van der Waals surface area contributed by atoms with Gasteiger partial charge in [0.15, 0.2) is 4.80 Å². The average Bonchev–Trinajstić information content (AvgIpc) is 2.70. The highest BCUT2D eigenvalue weighted by atomic mass is 35.5. The minimum absolute atomic E-state index is 0.202. The van der Waals surface area contributed by atoms with Crippen LogP contribution < -0.4 is 4.80 Å². The molecule has 6 heteroatoms. The van der Waals surface area contributed by atoms with E-state index in [1.165, 1.54) is 11.3 Å². The van der Waals surface area contributed by atoms with Crippen LogP contribution >= 0.6 is 34.5 Å². The predicted molar refractivity (Wildman–Crippen MR) is 74.0 cm³/mol. The Morgan fingerprint density at radius 1 is 1.39 bits per heavy atom. The Morgan fingerprint density at radius 2 is 2.17 bits per heavy atom. The summed E-state index contributed by atoms with van der Waals surface area (Å²) in [5.74, 6) is -0.202. The molecule has 0 atom stereocenters. The van der Waals surface area contributed by atoms with Crippen molar-refractivity contribution >= 4 is 40.4 Å². The molecule has 18 heavy (non-hydrogen) atoms. The first-order valence-corrected chi connectivity index (χ1v) is 6.81. The van der Waals surface area contributed by atoms with Gasteiger partial charge in [0, 0.05) is 18.6 Å². The van der Waals surface area contributed by atoms with E-state index in [-0.39, 0.29) is 12.3 Å². The molecule has 2 aromatic rings. The van der Waals surface area contributed by atoms with Crippen molar-refractivity contribution in [2.45, 2.75) is 6.42 Å². The fourth-order valence-corrected chi connectivity index (χ4v) is 2.47. The molecule has 0 bridgehead atoms. The molecule has 1 amide bonds. The van der Waals surface area contributed by atoms with Crippen LogP contribution in [0, 0.1) is 0 Å². The van der Waals surface area contributed by atoms with E-state index in [0.29, 0.717) is 14.8 Å². The molecule has 0 saturated carbocycles. The summed E-state index contributed by atoms with van der Waals surface area (Å²) in [6.45, 7) is 0. The Balaban J connectivity index is 2.17. The number of carbonyl (C=O) groups is 1. The van der Waals surface area contributed by atoms with Gasteiger partial charge in [0.2, 0.25) is 0 Å². The van der Waals surface area contributed by atoms with Crippen molar-refractivity contribution in [1.82, 2.24) is 4.57 Å². The van der Waals surface area contributed by atoms with Crippen molar-refractivity contribution < 1.29 is 4.79 Å². The van der Waals surface area contributed by atoms with Gasteiger partial charge in [-0.3, -0.25) is 4.79 Å². The number of rotatable bonds is 2. The van der Waals surface area contributed by atoms with Gasteiger partial charge in [-0.15, -0.1) is 11.3 Å². The number of amides is 1. The van der Waals surface area contributed by atoms with Crippen molar-refractivity contribution in [3.8, 4) is 0 Å². The Hall–Kier alpha value is -1.10. The molecular formula is C12H10Cl2N2OS. The van der Waals surface area contributed by atoms with E-state index < -0.39 is 0 Å². The Bertz CT molecular complexity index is 646. The number of aromatic nitrogens is 1. The van der Waals surface area contributed by atoms with Gasteiger partial charge in [-0.05, 0) is 17.7 Å². The van der Waals surface area contributed by atoms with Crippen molar-refractivity contribution in [3.05, 3.63) is 50.2 Å². The second kappa shape index (κ2) is 5.69. The van der Waals surface area contributed by atoms with Crippen LogP contribution in [0.4, 0.5) is 0 Å². The maximum Gasteiger partial charge on any atom is 0.252 e. The molecule has 1 heterocycles. The van der Waals surface area contributed by atoms with Crippen LogP contribution in [-0.4, -0.2) is 10.5 Å². The van der Waals surface area contributed by atoms with Gasteiger partial charge in [-0.25, -0.2) is 0 Å². The Kier molecular flexibility index (Phi) is 4.22. The molecule has 1 aromatic carbocycles. The van der Waals surface area contributed by atoms with Gasteiger partial charge in [-0.1, -0.05) is 29.3 Å². The fraction of sp³-hybridized carbons (Fsp3) is 0.167. The molecule has 0 aliphatic heterocycles. The Labute approximate surface area is 118 Å². The zero-order valence-corrected chi connectivity index (χ0v) is 11.9. The lowest BCUT2D eigenvalue weighted by Crippen LogP contribution is -2.13. The normalized spacial score (nSPS) is 11.8. The quantitative estimate of drug-likeness (QED) is 0.839. The maximum absolute atomic E-state index is 11.8. The zero-order chi connectivity index (χ0) is 13.1. The summed E-state index contributed by atoms with van der Waals surface area (Å²) in [4.78, 5) is 16.5. The van der Waals surface area contributed by atoms with Crippen LogP contribution in [0.2, 0.25) is 10.0 Å². The second-order valence-electron chi connectivity index (χ2n) is 3.73. The first kappa shape index (κ1) is 13.3. The molecule has 0 spiro atoms. The molecule has 0 N–H and O–H groups in total. The van der Waals surface area contributed by atoms with E-state index >= 15 is 0 Å². The number of aryl methyl sites for hydroxylation is 1. The van der Waals surface area contributed by atoms with Crippen LogP contribution in [0.5, 0.6) is 0 Å². The minimum atomic E-state index is -0.202. The molecule has 1 aromatic heterocycles. The number of hydrogen-bond acceptors (Lipinski definition) is 2. The molecule has 0 radical (unpaired) electrons. The molecule has 0 aliphatic rings. The molecule has 94 valence electrons. The highest BCUT2D eigenvalue weighted by molar-refractivity contribution is 7.07. The number of nitrogens with zero attached hydrogens (tertiary/aromatic N) is 2. The van der Waals surface area contributed by atoms with Crippen molar-refractivity contribution in [3.63, 3.8) is 0 Å². The lowest BCUT2D eigenvalue weighted by atomic mass is 10.1. The van der Waals surface area contributed by atoms with Gasteiger partial charge in [0.05, 0.1) is 16.5 Å². The van der Waals surface area contributed by atoms with Gasteiger partial charge in [-0.2, -0.15) is 4.99 Å². The minimum Gasteiger partial charge on any atom is -0.327 e. The number of halogens is 2. The first-order chi connectivity index (χ1) is 8.56. The molecular weight excluding hydrogens is 291 g/mol. The topological polar surface area (TPSA) is 34.4 Å². The van der Waals surface area contributed by atoms with Crippen LogP contribution in [-0.2, 0) is 18.3 Å². The van der Waals surface area contributed by atoms with E-state index in [9.17, 15) is 4.79 Å². The maximum atomic E-state index is 11.8. The van der Waals surface area contributed by atoms with Gasteiger partial charge in [0.1, 0.15) is 0 Å². The zero-order valence-electron chi connectivity index (χ0n) is 9.56. The summed E-state index contributed by atoms with van der Waals surface area (Å²) in [5, 5.41) is 2.81. The van der Waals surface area contributed by atoms with Crippen molar-refractivity contribution in [1.29, 1.82) is 0 Å². The second-order valence-corrected chi connectivity index (χ2v) is 5.41. The molecule has 0 saturated heterocycles. The first-order valence-electron chi connectivity index (χ1n) is 5.18. The third-order valence-electron chi connectivity index (χ3n) is 2.32. The highest BCUT2D eigenvalue weighted by Gasteiger charge is 2.05. The van der Waals surface area contributed by atoms with Gasteiger partial charge >= 0.3 is 0 Å². The third-order valence-corrected chi connectivity index (χ3v) is 3.91. The molecule has 0 fully saturated rings. The van der Waals surface area contributed by atoms with E-state index in [1.54, 1.807) is 22.8 Å². The number of benzene rings is 1. The fourth-order valence-electron chi connectivity index (χ4n) is 1.41.